The summed E-state index contributed by atoms with van der Waals surface area (Å²) < 4.78 is 52.5. The highest BCUT2D eigenvalue weighted by Crippen LogP contribution is 2.17. The number of benzene rings is 1. The molecule has 1 heterocycles. The van der Waals surface area contributed by atoms with Gasteiger partial charge in [0, 0.05) is 25.0 Å². The minimum Gasteiger partial charge on any atom is -0.352 e. The van der Waals surface area contributed by atoms with Gasteiger partial charge >= 0.3 is 0 Å². The number of hydrogen-bond donors (Lipinski definition) is 2. The molecule has 1 unspecified atom stereocenters. The molecule has 0 aliphatic carbocycles. The summed E-state index contributed by atoms with van der Waals surface area (Å²) in [4.78, 5) is 15.9. The molecule has 25 heavy (non-hydrogen) atoms. The first-order valence-corrected chi connectivity index (χ1v) is 9.04. The first kappa shape index (κ1) is 18.8. The van der Waals surface area contributed by atoms with Gasteiger partial charge < -0.3 is 5.32 Å². The molecule has 0 fully saturated rings. The first-order valence-electron chi connectivity index (χ1n) is 7.39. The second-order valence-corrected chi connectivity index (χ2v) is 7.25. The Balaban J connectivity index is 1.93. The lowest BCUT2D eigenvalue weighted by molar-refractivity contribution is -0.124. The number of carbonyl (C=O) groups is 1. The molecule has 0 saturated carbocycles. The molecule has 0 radical (unpaired) electrons. The van der Waals surface area contributed by atoms with E-state index < -0.39 is 39.2 Å². The molecule has 1 aromatic heterocycles. The second-order valence-electron chi connectivity index (χ2n) is 5.49. The zero-order valence-corrected chi connectivity index (χ0v) is 14.2. The minimum absolute atomic E-state index is 0.219. The van der Waals surface area contributed by atoms with Crippen LogP contribution in [0.4, 0.5) is 14.5 Å². The van der Waals surface area contributed by atoms with Gasteiger partial charge in [-0.25, -0.2) is 17.2 Å². The fraction of sp³-hybridized carbons (Fsp3) is 0.250. The molecule has 0 aliphatic rings. The number of rotatable bonds is 7. The average molecular weight is 369 g/mol. The smallest absolute Gasteiger partial charge is 0.233 e. The molecule has 2 rings (SSSR count). The summed E-state index contributed by atoms with van der Waals surface area (Å²) in [5, 5.41) is 2.61. The summed E-state index contributed by atoms with van der Waals surface area (Å²) in [5.74, 6) is -3.71. The van der Waals surface area contributed by atoms with Crippen molar-refractivity contribution < 1.29 is 22.0 Å². The van der Waals surface area contributed by atoms with Crippen molar-refractivity contribution in [2.24, 2.45) is 5.92 Å². The standard InChI is InChI=1S/C16H17F2N3O3S/c1-11(16(22)20-9-12-3-2-6-19-8-12)10-25(23,24)21-15-5-4-13(17)7-14(15)18/h2-8,11,21H,9-10H2,1H3,(H,20,22). The Bertz CT molecular complexity index is 845. The predicted molar refractivity (Wildman–Crippen MR) is 89.0 cm³/mol. The lowest BCUT2D eigenvalue weighted by Crippen LogP contribution is -2.34. The first-order chi connectivity index (χ1) is 11.8. The molecule has 0 bridgehead atoms. The molecule has 134 valence electrons. The second kappa shape index (κ2) is 8.02. The Kier molecular flexibility index (Phi) is 6.02. The van der Waals surface area contributed by atoms with Crippen LogP contribution in [0.15, 0.2) is 42.7 Å². The number of pyridine rings is 1. The van der Waals surface area contributed by atoms with Crippen molar-refractivity contribution in [3.8, 4) is 0 Å². The van der Waals surface area contributed by atoms with Crippen LogP contribution in [-0.2, 0) is 21.4 Å². The molecule has 1 atom stereocenters. The topological polar surface area (TPSA) is 88.2 Å². The van der Waals surface area contributed by atoms with Crippen LogP contribution in [0, 0.1) is 17.6 Å². The van der Waals surface area contributed by atoms with E-state index in [-0.39, 0.29) is 12.2 Å². The van der Waals surface area contributed by atoms with Crippen LogP contribution in [0.5, 0.6) is 0 Å². The van der Waals surface area contributed by atoms with Crippen molar-refractivity contribution in [1.29, 1.82) is 0 Å². The van der Waals surface area contributed by atoms with Crippen LogP contribution >= 0.6 is 0 Å². The molecule has 1 amide bonds. The molecular formula is C16H17F2N3O3S. The van der Waals surface area contributed by atoms with Crippen LogP contribution in [0.25, 0.3) is 0 Å². The highest BCUT2D eigenvalue weighted by molar-refractivity contribution is 7.92. The zero-order chi connectivity index (χ0) is 18.4. The number of nitrogens with zero attached hydrogens (tertiary/aromatic N) is 1. The molecule has 0 spiro atoms. The Morgan fingerprint density at radius 1 is 1.28 bits per heavy atom. The van der Waals surface area contributed by atoms with Gasteiger partial charge in [0.15, 0.2) is 0 Å². The highest BCUT2D eigenvalue weighted by atomic mass is 32.2. The van der Waals surface area contributed by atoms with Gasteiger partial charge in [0.05, 0.1) is 17.4 Å². The van der Waals surface area contributed by atoms with Crippen LogP contribution in [0.1, 0.15) is 12.5 Å². The van der Waals surface area contributed by atoms with Gasteiger partial charge in [0.25, 0.3) is 0 Å². The number of halogens is 2. The van der Waals surface area contributed by atoms with E-state index in [4.69, 9.17) is 0 Å². The van der Waals surface area contributed by atoms with E-state index in [1.165, 1.54) is 6.92 Å². The maximum atomic E-state index is 13.5. The molecule has 0 saturated heterocycles. The van der Waals surface area contributed by atoms with E-state index in [2.05, 4.69) is 10.3 Å². The van der Waals surface area contributed by atoms with Crippen LogP contribution in [0.3, 0.4) is 0 Å². The molecule has 9 heteroatoms. The van der Waals surface area contributed by atoms with Gasteiger partial charge in [-0.2, -0.15) is 0 Å². The third kappa shape index (κ3) is 5.79. The molecule has 0 aliphatic heterocycles. The van der Waals surface area contributed by atoms with Crippen molar-refractivity contribution in [1.82, 2.24) is 10.3 Å². The van der Waals surface area contributed by atoms with Crippen molar-refractivity contribution in [2.45, 2.75) is 13.5 Å². The Labute approximate surface area is 144 Å². The number of amides is 1. The van der Waals surface area contributed by atoms with E-state index in [1.807, 2.05) is 4.72 Å². The van der Waals surface area contributed by atoms with Gasteiger partial charge in [0.2, 0.25) is 15.9 Å². The summed E-state index contributed by atoms with van der Waals surface area (Å²) in [6.45, 7) is 1.66. The highest BCUT2D eigenvalue weighted by Gasteiger charge is 2.22. The number of hydrogen-bond acceptors (Lipinski definition) is 4. The third-order valence-electron chi connectivity index (χ3n) is 3.30. The van der Waals surface area contributed by atoms with Gasteiger partial charge in [0.1, 0.15) is 11.6 Å². The van der Waals surface area contributed by atoms with Gasteiger partial charge in [-0.05, 0) is 23.8 Å². The van der Waals surface area contributed by atoms with E-state index in [1.54, 1.807) is 24.5 Å². The monoisotopic (exact) mass is 369 g/mol. The summed E-state index contributed by atoms with van der Waals surface area (Å²) in [6, 6.07) is 5.98. The van der Waals surface area contributed by atoms with Crippen LogP contribution in [0.2, 0.25) is 0 Å². The van der Waals surface area contributed by atoms with Gasteiger partial charge in [-0.15, -0.1) is 0 Å². The minimum atomic E-state index is -3.98. The van der Waals surface area contributed by atoms with Crippen molar-refractivity contribution in [3.63, 3.8) is 0 Å². The number of nitrogens with one attached hydrogen (secondary N) is 2. The molecule has 2 N–H and O–H groups in total. The quantitative estimate of drug-likeness (QED) is 0.782. The largest absolute Gasteiger partial charge is 0.352 e. The SMILES string of the molecule is CC(CS(=O)(=O)Nc1ccc(F)cc1F)C(=O)NCc1cccnc1. The van der Waals surface area contributed by atoms with E-state index >= 15 is 0 Å². The van der Waals surface area contributed by atoms with Crippen LogP contribution < -0.4 is 10.0 Å². The van der Waals surface area contributed by atoms with Crippen molar-refractivity contribution >= 4 is 21.6 Å². The van der Waals surface area contributed by atoms with Gasteiger partial charge in [-0.3, -0.25) is 14.5 Å². The van der Waals surface area contributed by atoms with Gasteiger partial charge in [-0.1, -0.05) is 13.0 Å². The number of anilines is 1. The summed E-state index contributed by atoms with van der Waals surface area (Å²) in [7, 11) is -3.98. The number of aromatic nitrogens is 1. The van der Waals surface area contributed by atoms with E-state index in [0.717, 1.165) is 17.7 Å². The average Bonchev–Trinajstić information content (AvgIpc) is 2.55. The molecule has 2 aromatic rings. The number of sulfonamides is 1. The van der Waals surface area contributed by atoms with Crippen LogP contribution in [-0.4, -0.2) is 25.1 Å². The fourth-order valence-electron chi connectivity index (χ4n) is 2.05. The lowest BCUT2D eigenvalue weighted by Gasteiger charge is -2.14. The van der Waals surface area contributed by atoms with E-state index in [9.17, 15) is 22.0 Å². The predicted octanol–water partition coefficient (Wildman–Crippen LogP) is 2.05. The number of carbonyl (C=O) groups excluding carboxylic acids is 1. The maximum Gasteiger partial charge on any atom is 0.233 e. The molecular weight excluding hydrogens is 352 g/mol. The fourth-order valence-corrected chi connectivity index (χ4v) is 3.45. The van der Waals surface area contributed by atoms with E-state index in [0.29, 0.717) is 6.07 Å². The Hall–Kier alpha value is -2.55. The lowest BCUT2D eigenvalue weighted by atomic mass is 10.2. The maximum absolute atomic E-state index is 13.5. The Morgan fingerprint density at radius 3 is 2.68 bits per heavy atom. The third-order valence-corrected chi connectivity index (χ3v) is 4.77. The normalized spacial score (nSPS) is 12.4. The summed E-state index contributed by atoms with van der Waals surface area (Å²) in [6.07, 6.45) is 3.18. The zero-order valence-electron chi connectivity index (χ0n) is 13.4. The summed E-state index contributed by atoms with van der Waals surface area (Å²) in [5.41, 5.74) is 0.404. The Morgan fingerprint density at radius 2 is 2.04 bits per heavy atom. The molecule has 1 aromatic carbocycles. The van der Waals surface area contributed by atoms with Crippen molar-refractivity contribution in [2.75, 3.05) is 10.5 Å². The van der Waals surface area contributed by atoms with Crippen molar-refractivity contribution in [3.05, 3.63) is 59.9 Å². The summed E-state index contributed by atoms with van der Waals surface area (Å²) >= 11 is 0. The molecule has 6 nitrogen and oxygen atoms in total.